The molecule has 15 heavy (non-hydrogen) atoms. The van der Waals surface area contributed by atoms with E-state index in [1.807, 2.05) is 0 Å². The van der Waals surface area contributed by atoms with E-state index >= 15 is 0 Å². The van der Waals surface area contributed by atoms with Gasteiger partial charge in [-0.25, -0.2) is 0 Å². The van der Waals surface area contributed by atoms with E-state index in [4.69, 9.17) is 4.74 Å². The fourth-order valence-electron chi connectivity index (χ4n) is 2.22. The van der Waals surface area contributed by atoms with Crippen molar-refractivity contribution in [2.24, 2.45) is 0 Å². The molecular formula is C13H18O2. The van der Waals surface area contributed by atoms with Crippen molar-refractivity contribution < 1.29 is 9.84 Å². The molecule has 1 aliphatic heterocycles. The van der Waals surface area contributed by atoms with E-state index < -0.39 is 5.60 Å². The van der Waals surface area contributed by atoms with Crippen molar-refractivity contribution in [1.82, 2.24) is 0 Å². The summed E-state index contributed by atoms with van der Waals surface area (Å²) in [6.07, 6.45) is 1.41. The summed E-state index contributed by atoms with van der Waals surface area (Å²) in [6, 6.07) is 6.26. The van der Waals surface area contributed by atoms with Crippen LogP contribution in [0.5, 0.6) is 0 Å². The van der Waals surface area contributed by atoms with Gasteiger partial charge in [0.25, 0.3) is 0 Å². The Morgan fingerprint density at radius 2 is 1.87 bits per heavy atom. The first kappa shape index (κ1) is 10.7. The van der Waals surface area contributed by atoms with Crippen LogP contribution in [0.25, 0.3) is 0 Å². The van der Waals surface area contributed by atoms with Crippen LogP contribution >= 0.6 is 0 Å². The zero-order valence-electron chi connectivity index (χ0n) is 9.42. The summed E-state index contributed by atoms with van der Waals surface area (Å²) in [4.78, 5) is 0. The van der Waals surface area contributed by atoms with Crippen molar-refractivity contribution in [1.29, 1.82) is 0 Å². The Balaban J connectivity index is 2.38. The first-order valence-corrected chi connectivity index (χ1v) is 5.50. The van der Waals surface area contributed by atoms with Gasteiger partial charge in [0.05, 0.1) is 5.60 Å². The van der Waals surface area contributed by atoms with Crippen LogP contribution in [0.1, 0.15) is 29.5 Å². The average molecular weight is 206 g/mol. The summed E-state index contributed by atoms with van der Waals surface area (Å²) in [6.45, 7) is 5.43. The summed E-state index contributed by atoms with van der Waals surface area (Å²) in [5, 5.41) is 10.6. The molecular weight excluding hydrogens is 188 g/mol. The first-order chi connectivity index (χ1) is 7.12. The van der Waals surface area contributed by atoms with Crippen molar-refractivity contribution in [3.63, 3.8) is 0 Å². The van der Waals surface area contributed by atoms with Crippen LogP contribution < -0.4 is 0 Å². The third-order valence-electron chi connectivity index (χ3n) is 3.21. The summed E-state index contributed by atoms with van der Waals surface area (Å²) in [5.41, 5.74) is 2.78. The highest BCUT2D eigenvalue weighted by molar-refractivity contribution is 5.35. The van der Waals surface area contributed by atoms with Gasteiger partial charge in [-0.3, -0.25) is 0 Å². The summed E-state index contributed by atoms with van der Waals surface area (Å²) >= 11 is 0. The van der Waals surface area contributed by atoms with E-state index in [1.165, 1.54) is 11.1 Å². The molecule has 1 heterocycles. The van der Waals surface area contributed by atoms with Crippen molar-refractivity contribution >= 4 is 0 Å². The van der Waals surface area contributed by atoms with Gasteiger partial charge in [-0.1, -0.05) is 23.8 Å². The Kier molecular flexibility index (Phi) is 2.81. The van der Waals surface area contributed by atoms with Crippen molar-refractivity contribution in [3.05, 3.63) is 34.9 Å². The Labute approximate surface area is 90.9 Å². The molecule has 0 bridgehead atoms. The monoisotopic (exact) mass is 206 g/mol. The number of ether oxygens (including phenoxy) is 1. The molecule has 0 saturated carbocycles. The van der Waals surface area contributed by atoms with Crippen LogP contribution in [0.4, 0.5) is 0 Å². The third kappa shape index (κ3) is 2.06. The minimum Gasteiger partial charge on any atom is -0.385 e. The molecule has 0 radical (unpaired) electrons. The highest BCUT2D eigenvalue weighted by Gasteiger charge is 2.32. The molecule has 2 heteroatoms. The van der Waals surface area contributed by atoms with Crippen molar-refractivity contribution in [3.8, 4) is 0 Å². The minimum absolute atomic E-state index is 0.657. The predicted octanol–water partition coefficient (Wildman–Crippen LogP) is 2.30. The van der Waals surface area contributed by atoms with E-state index in [-0.39, 0.29) is 0 Å². The van der Waals surface area contributed by atoms with Crippen LogP contribution in [-0.4, -0.2) is 18.3 Å². The fraction of sp³-hybridized carbons (Fsp3) is 0.538. The van der Waals surface area contributed by atoms with E-state index in [0.717, 1.165) is 5.56 Å². The predicted molar refractivity (Wildman–Crippen MR) is 59.9 cm³/mol. The highest BCUT2D eigenvalue weighted by Crippen LogP contribution is 2.34. The lowest BCUT2D eigenvalue weighted by molar-refractivity contribution is -0.0682. The lowest BCUT2D eigenvalue weighted by atomic mass is 9.83. The molecule has 0 atom stereocenters. The Morgan fingerprint density at radius 1 is 1.20 bits per heavy atom. The molecule has 0 unspecified atom stereocenters. The zero-order chi connectivity index (χ0) is 10.9. The van der Waals surface area contributed by atoms with Gasteiger partial charge in [0.1, 0.15) is 0 Å². The second-order valence-corrected chi connectivity index (χ2v) is 4.46. The largest absolute Gasteiger partial charge is 0.385 e. The van der Waals surface area contributed by atoms with Crippen molar-refractivity contribution in [2.75, 3.05) is 13.2 Å². The summed E-state index contributed by atoms with van der Waals surface area (Å²) < 4.78 is 5.30. The number of aliphatic hydroxyl groups is 1. The average Bonchev–Trinajstić information content (AvgIpc) is 2.23. The van der Waals surface area contributed by atoms with E-state index in [1.54, 1.807) is 0 Å². The number of rotatable bonds is 1. The molecule has 1 N–H and O–H groups in total. The van der Waals surface area contributed by atoms with Gasteiger partial charge in [0, 0.05) is 26.1 Å². The van der Waals surface area contributed by atoms with Crippen LogP contribution in [0, 0.1) is 13.8 Å². The maximum absolute atomic E-state index is 10.6. The van der Waals surface area contributed by atoms with Crippen LogP contribution in [-0.2, 0) is 10.3 Å². The molecule has 1 fully saturated rings. The Bertz CT molecular complexity index is 352. The van der Waals surface area contributed by atoms with Gasteiger partial charge in [0.2, 0.25) is 0 Å². The van der Waals surface area contributed by atoms with Gasteiger partial charge >= 0.3 is 0 Å². The molecule has 0 amide bonds. The SMILES string of the molecule is Cc1ccc(C)c(C2(O)CCOCC2)c1. The Hall–Kier alpha value is -0.860. The van der Waals surface area contributed by atoms with Crippen molar-refractivity contribution in [2.45, 2.75) is 32.3 Å². The molecule has 0 aliphatic carbocycles. The molecule has 0 spiro atoms. The molecule has 2 nitrogen and oxygen atoms in total. The van der Waals surface area contributed by atoms with E-state index in [2.05, 4.69) is 32.0 Å². The minimum atomic E-state index is -0.672. The maximum Gasteiger partial charge on any atom is 0.0943 e. The number of hydrogen-bond donors (Lipinski definition) is 1. The molecule has 1 saturated heterocycles. The van der Waals surface area contributed by atoms with Gasteiger partial charge < -0.3 is 9.84 Å². The van der Waals surface area contributed by atoms with E-state index in [0.29, 0.717) is 26.1 Å². The molecule has 1 aromatic carbocycles. The first-order valence-electron chi connectivity index (χ1n) is 5.50. The molecule has 1 aromatic rings. The summed E-state index contributed by atoms with van der Waals surface area (Å²) in [7, 11) is 0. The summed E-state index contributed by atoms with van der Waals surface area (Å²) in [5.74, 6) is 0. The van der Waals surface area contributed by atoms with Gasteiger partial charge in [0.15, 0.2) is 0 Å². The van der Waals surface area contributed by atoms with E-state index in [9.17, 15) is 5.11 Å². The van der Waals surface area contributed by atoms with Gasteiger partial charge in [-0.15, -0.1) is 0 Å². The standard InChI is InChI=1S/C13H18O2/c1-10-3-4-11(2)12(9-10)13(14)5-7-15-8-6-13/h3-4,9,14H,5-8H2,1-2H3. The molecule has 1 aliphatic rings. The van der Waals surface area contributed by atoms with Gasteiger partial charge in [-0.2, -0.15) is 0 Å². The van der Waals surface area contributed by atoms with Crippen LogP contribution in [0.3, 0.4) is 0 Å². The lowest BCUT2D eigenvalue weighted by Gasteiger charge is -2.33. The maximum atomic E-state index is 10.6. The third-order valence-corrected chi connectivity index (χ3v) is 3.21. The lowest BCUT2D eigenvalue weighted by Crippen LogP contribution is -2.34. The second kappa shape index (κ2) is 3.95. The smallest absolute Gasteiger partial charge is 0.0943 e. The topological polar surface area (TPSA) is 29.5 Å². The molecule has 2 rings (SSSR count). The van der Waals surface area contributed by atoms with Crippen LogP contribution in [0.15, 0.2) is 18.2 Å². The van der Waals surface area contributed by atoms with Gasteiger partial charge in [-0.05, 0) is 25.0 Å². The fourth-order valence-corrected chi connectivity index (χ4v) is 2.22. The zero-order valence-corrected chi connectivity index (χ0v) is 9.42. The number of benzene rings is 1. The van der Waals surface area contributed by atoms with Crippen LogP contribution in [0.2, 0.25) is 0 Å². The normalized spacial score (nSPS) is 20.2. The molecule has 0 aromatic heterocycles. The highest BCUT2D eigenvalue weighted by atomic mass is 16.5. The molecule has 82 valence electrons. The number of hydrogen-bond acceptors (Lipinski definition) is 2. The quantitative estimate of drug-likeness (QED) is 0.764. The Morgan fingerprint density at radius 3 is 2.53 bits per heavy atom. The second-order valence-electron chi connectivity index (χ2n) is 4.46. The number of aryl methyl sites for hydroxylation is 2.